The Hall–Kier alpha value is -2.36. The molecule has 1 aromatic carbocycles. The molecule has 0 unspecified atom stereocenters. The minimum absolute atomic E-state index is 0.0344. The maximum absolute atomic E-state index is 12.1. The van der Waals surface area contributed by atoms with Crippen LogP contribution in [0, 0.1) is 6.92 Å². The zero-order chi connectivity index (χ0) is 15.5. The molecule has 0 saturated carbocycles. The van der Waals surface area contributed by atoms with Crippen molar-refractivity contribution < 1.29 is 4.79 Å². The molecule has 1 aromatic heterocycles. The molecule has 0 radical (unpaired) electrons. The average Bonchev–Trinajstić information content (AvgIpc) is 2.40. The Morgan fingerprint density at radius 1 is 1.00 bits per heavy atom. The van der Waals surface area contributed by atoms with E-state index >= 15 is 0 Å². The molecule has 4 heteroatoms. The number of hydrogen-bond donors (Lipinski definition) is 2. The third-order valence-electron chi connectivity index (χ3n) is 2.82. The van der Waals surface area contributed by atoms with E-state index in [0.29, 0.717) is 5.69 Å². The van der Waals surface area contributed by atoms with E-state index < -0.39 is 0 Å². The summed E-state index contributed by atoms with van der Waals surface area (Å²) in [6, 6.07) is 11.3. The Morgan fingerprint density at radius 2 is 1.62 bits per heavy atom. The van der Waals surface area contributed by atoms with Gasteiger partial charge in [-0.25, -0.2) is 4.98 Å². The number of carbonyl (C=O) groups excluding carboxylic acids is 1. The predicted octanol–water partition coefficient (Wildman–Crippen LogP) is 3.85. The standard InChI is InChI=1S/C17H21N3O/c1-12-5-7-13(8-6-12)19-16(21)15-10-9-14(11-18-15)20-17(2,3)4/h5-11,20H,1-4H3,(H,19,21). The number of aryl methyl sites for hydroxylation is 1. The highest BCUT2D eigenvalue weighted by atomic mass is 16.1. The van der Waals surface area contributed by atoms with E-state index in [1.54, 1.807) is 12.3 Å². The minimum Gasteiger partial charge on any atom is -0.379 e. The van der Waals surface area contributed by atoms with E-state index in [2.05, 4.69) is 36.4 Å². The van der Waals surface area contributed by atoms with Crippen molar-refractivity contribution in [3.63, 3.8) is 0 Å². The van der Waals surface area contributed by atoms with Gasteiger partial charge >= 0.3 is 0 Å². The topological polar surface area (TPSA) is 54.0 Å². The van der Waals surface area contributed by atoms with Crippen LogP contribution in [0.2, 0.25) is 0 Å². The van der Waals surface area contributed by atoms with Gasteiger partial charge in [-0.3, -0.25) is 4.79 Å². The minimum atomic E-state index is -0.207. The fraction of sp³-hybridized carbons (Fsp3) is 0.294. The molecule has 0 fully saturated rings. The van der Waals surface area contributed by atoms with Gasteiger partial charge in [0.1, 0.15) is 5.69 Å². The molecule has 1 heterocycles. The molecule has 2 aromatic rings. The monoisotopic (exact) mass is 283 g/mol. The molecule has 0 aliphatic rings. The number of anilines is 2. The Kier molecular flexibility index (Phi) is 4.26. The Labute approximate surface area is 125 Å². The van der Waals surface area contributed by atoms with Crippen molar-refractivity contribution in [2.45, 2.75) is 33.2 Å². The molecule has 0 spiro atoms. The van der Waals surface area contributed by atoms with E-state index in [1.165, 1.54) is 0 Å². The average molecular weight is 283 g/mol. The molecule has 0 saturated heterocycles. The van der Waals surface area contributed by atoms with Crippen molar-refractivity contribution in [2.75, 3.05) is 10.6 Å². The second-order valence-electron chi connectivity index (χ2n) is 6.13. The molecule has 1 amide bonds. The van der Waals surface area contributed by atoms with Crippen LogP contribution in [0.4, 0.5) is 11.4 Å². The van der Waals surface area contributed by atoms with Crippen LogP contribution in [0.15, 0.2) is 42.6 Å². The van der Waals surface area contributed by atoms with Crippen molar-refractivity contribution in [1.82, 2.24) is 4.98 Å². The second kappa shape index (κ2) is 5.95. The zero-order valence-electron chi connectivity index (χ0n) is 12.9. The fourth-order valence-corrected chi connectivity index (χ4v) is 1.87. The van der Waals surface area contributed by atoms with Crippen molar-refractivity contribution in [3.8, 4) is 0 Å². The van der Waals surface area contributed by atoms with Gasteiger partial charge in [0.05, 0.1) is 11.9 Å². The number of carbonyl (C=O) groups is 1. The van der Waals surface area contributed by atoms with Crippen molar-refractivity contribution in [1.29, 1.82) is 0 Å². The number of nitrogens with one attached hydrogen (secondary N) is 2. The van der Waals surface area contributed by atoms with E-state index in [4.69, 9.17) is 0 Å². The molecule has 21 heavy (non-hydrogen) atoms. The first-order valence-electron chi connectivity index (χ1n) is 6.96. The van der Waals surface area contributed by atoms with Gasteiger partial charge in [0, 0.05) is 11.2 Å². The lowest BCUT2D eigenvalue weighted by Gasteiger charge is -2.21. The van der Waals surface area contributed by atoms with Gasteiger partial charge in [0.25, 0.3) is 5.91 Å². The molecule has 2 N–H and O–H groups in total. The molecular weight excluding hydrogens is 262 g/mol. The first kappa shape index (κ1) is 15.0. The highest BCUT2D eigenvalue weighted by molar-refractivity contribution is 6.02. The third-order valence-corrected chi connectivity index (χ3v) is 2.82. The van der Waals surface area contributed by atoms with Crippen LogP contribution >= 0.6 is 0 Å². The zero-order valence-corrected chi connectivity index (χ0v) is 12.9. The second-order valence-corrected chi connectivity index (χ2v) is 6.13. The van der Waals surface area contributed by atoms with Crippen LogP contribution < -0.4 is 10.6 Å². The highest BCUT2D eigenvalue weighted by Gasteiger charge is 2.11. The van der Waals surface area contributed by atoms with Crippen LogP contribution in [0.25, 0.3) is 0 Å². The first-order valence-corrected chi connectivity index (χ1v) is 6.96. The van der Waals surface area contributed by atoms with Crippen LogP contribution in [-0.2, 0) is 0 Å². The van der Waals surface area contributed by atoms with Gasteiger partial charge in [-0.1, -0.05) is 17.7 Å². The predicted molar refractivity (Wildman–Crippen MR) is 86.7 cm³/mol. The van der Waals surface area contributed by atoms with Gasteiger partial charge < -0.3 is 10.6 Å². The van der Waals surface area contributed by atoms with Crippen molar-refractivity contribution in [3.05, 3.63) is 53.9 Å². The van der Waals surface area contributed by atoms with Crippen LogP contribution in [0.3, 0.4) is 0 Å². The summed E-state index contributed by atoms with van der Waals surface area (Å²) >= 11 is 0. The van der Waals surface area contributed by atoms with Gasteiger partial charge in [0.2, 0.25) is 0 Å². The van der Waals surface area contributed by atoms with Crippen LogP contribution in [-0.4, -0.2) is 16.4 Å². The van der Waals surface area contributed by atoms with Crippen molar-refractivity contribution in [2.24, 2.45) is 0 Å². The third kappa shape index (κ3) is 4.60. The summed E-state index contributed by atoms with van der Waals surface area (Å²) in [7, 11) is 0. The number of nitrogens with zero attached hydrogens (tertiary/aromatic N) is 1. The summed E-state index contributed by atoms with van der Waals surface area (Å²) in [5, 5.41) is 6.14. The first-order chi connectivity index (χ1) is 9.83. The molecular formula is C17H21N3O. The quantitative estimate of drug-likeness (QED) is 0.899. The molecule has 0 aliphatic heterocycles. The van der Waals surface area contributed by atoms with E-state index in [-0.39, 0.29) is 11.4 Å². The number of hydrogen-bond acceptors (Lipinski definition) is 3. The van der Waals surface area contributed by atoms with Gasteiger partial charge in [-0.2, -0.15) is 0 Å². The number of aromatic nitrogens is 1. The maximum atomic E-state index is 12.1. The van der Waals surface area contributed by atoms with Crippen LogP contribution in [0.1, 0.15) is 36.8 Å². The smallest absolute Gasteiger partial charge is 0.274 e. The lowest BCUT2D eigenvalue weighted by Crippen LogP contribution is -2.26. The number of benzene rings is 1. The van der Waals surface area contributed by atoms with E-state index in [0.717, 1.165) is 16.9 Å². The highest BCUT2D eigenvalue weighted by Crippen LogP contribution is 2.14. The molecule has 0 aliphatic carbocycles. The number of pyridine rings is 1. The Balaban J connectivity index is 2.04. The molecule has 0 atom stereocenters. The summed E-state index contributed by atoms with van der Waals surface area (Å²) in [6.45, 7) is 8.23. The number of rotatable bonds is 3. The molecule has 0 bridgehead atoms. The lowest BCUT2D eigenvalue weighted by molar-refractivity contribution is 0.102. The molecule has 4 nitrogen and oxygen atoms in total. The van der Waals surface area contributed by atoms with Crippen LogP contribution in [0.5, 0.6) is 0 Å². The molecule has 2 rings (SSSR count). The van der Waals surface area contributed by atoms with Gasteiger partial charge in [-0.05, 0) is 52.0 Å². The summed E-state index contributed by atoms with van der Waals surface area (Å²) in [6.07, 6.45) is 1.68. The maximum Gasteiger partial charge on any atom is 0.274 e. The fourth-order valence-electron chi connectivity index (χ4n) is 1.87. The van der Waals surface area contributed by atoms with E-state index in [9.17, 15) is 4.79 Å². The van der Waals surface area contributed by atoms with E-state index in [1.807, 2.05) is 37.3 Å². The summed E-state index contributed by atoms with van der Waals surface area (Å²) in [5.41, 5.74) is 3.19. The van der Waals surface area contributed by atoms with Crippen molar-refractivity contribution >= 4 is 17.3 Å². The largest absolute Gasteiger partial charge is 0.379 e. The lowest BCUT2D eigenvalue weighted by atomic mass is 10.1. The summed E-state index contributed by atoms with van der Waals surface area (Å²) < 4.78 is 0. The SMILES string of the molecule is Cc1ccc(NC(=O)c2ccc(NC(C)(C)C)cn2)cc1. The summed E-state index contributed by atoms with van der Waals surface area (Å²) in [5.74, 6) is -0.207. The van der Waals surface area contributed by atoms with Gasteiger partial charge in [-0.15, -0.1) is 0 Å². The number of amides is 1. The molecule has 110 valence electrons. The Morgan fingerprint density at radius 3 is 2.14 bits per heavy atom. The van der Waals surface area contributed by atoms with Gasteiger partial charge in [0.15, 0.2) is 0 Å². The Bertz CT molecular complexity index is 610. The normalized spacial score (nSPS) is 11.0. The summed E-state index contributed by atoms with van der Waals surface area (Å²) in [4.78, 5) is 16.3.